The molecule has 1 heterocycles. The molecule has 2 atom stereocenters. The molecule has 1 unspecified atom stereocenters. The Morgan fingerprint density at radius 1 is 1.17 bits per heavy atom. The number of hydrogen-bond donors (Lipinski definition) is 2. The molecule has 4 nitrogen and oxygen atoms in total. The summed E-state index contributed by atoms with van der Waals surface area (Å²) in [7, 11) is 0. The van der Waals surface area contributed by atoms with Crippen LogP contribution in [-0.4, -0.2) is 17.7 Å². The maximum Gasteiger partial charge on any atom is 0.309 e. The normalized spacial score (nSPS) is 20.7. The number of cyclic esters (lactones) is 1. The summed E-state index contributed by atoms with van der Waals surface area (Å²) < 4.78 is 5.43. The Labute approximate surface area is 142 Å². The van der Waals surface area contributed by atoms with E-state index in [2.05, 4.69) is 32.0 Å². The highest BCUT2D eigenvalue weighted by Gasteiger charge is 2.31. The molecule has 2 aromatic rings. The number of phenolic OH excluding ortho intramolecular Hbond substituents is 1. The average Bonchev–Trinajstić information content (AvgIpc) is 2.56. The fraction of sp³-hybridized carbons (Fsp3) is 0.350. The first kappa shape index (κ1) is 16.4. The molecule has 4 heteroatoms. The van der Waals surface area contributed by atoms with Crippen LogP contribution >= 0.6 is 0 Å². The van der Waals surface area contributed by atoms with Gasteiger partial charge < -0.3 is 15.6 Å². The molecular weight excluding hydrogens is 302 g/mol. The Bertz CT molecular complexity index is 769. The number of carbonyl (C=O) groups is 1. The Balaban J connectivity index is 1.76. The zero-order valence-corrected chi connectivity index (χ0v) is 14.1. The van der Waals surface area contributed by atoms with E-state index in [1.807, 2.05) is 0 Å². The van der Waals surface area contributed by atoms with Crippen molar-refractivity contribution in [3.05, 3.63) is 58.7 Å². The number of carbonyl (C=O) groups excluding carboxylic acids is 1. The number of nitrogen functional groups attached to an aromatic ring is 1. The Hall–Kier alpha value is -2.49. The molecule has 2 aromatic carbocycles. The molecule has 126 valence electrons. The molecule has 0 saturated carbocycles. The van der Waals surface area contributed by atoms with Crippen LogP contribution < -0.4 is 5.73 Å². The van der Waals surface area contributed by atoms with Crippen molar-refractivity contribution in [1.82, 2.24) is 0 Å². The maximum absolute atomic E-state index is 12.1. The Morgan fingerprint density at radius 2 is 1.96 bits per heavy atom. The SMILES string of the molecule is Cc1ccc([C@H]2COC(=O)C(Cc3ccc(O)c(N)c3)C2)cc1C. The summed E-state index contributed by atoms with van der Waals surface area (Å²) in [5.41, 5.74) is 10.8. The van der Waals surface area contributed by atoms with Gasteiger partial charge in [0.15, 0.2) is 0 Å². The molecule has 1 aliphatic rings. The fourth-order valence-corrected chi connectivity index (χ4v) is 3.24. The summed E-state index contributed by atoms with van der Waals surface area (Å²) in [6.45, 7) is 4.64. The number of hydrogen-bond acceptors (Lipinski definition) is 4. The predicted octanol–water partition coefficient (Wildman–Crippen LogP) is 3.48. The van der Waals surface area contributed by atoms with E-state index in [0.29, 0.717) is 18.7 Å². The molecule has 0 aromatic heterocycles. The molecule has 1 saturated heterocycles. The lowest BCUT2D eigenvalue weighted by molar-refractivity contribution is -0.154. The van der Waals surface area contributed by atoms with Crippen LogP contribution in [0, 0.1) is 19.8 Å². The van der Waals surface area contributed by atoms with Gasteiger partial charge in [-0.3, -0.25) is 4.79 Å². The number of anilines is 1. The average molecular weight is 325 g/mol. The summed E-state index contributed by atoms with van der Waals surface area (Å²) in [5.74, 6) is -0.0459. The number of esters is 1. The van der Waals surface area contributed by atoms with E-state index in [-0.39, 0.29) is 23.6 Å². The van der Waals surface area contributed by atoms with Gasteiger partial charge in [-0.15, -0.1) is 0 Å². The first-order valence-electron chi connectivity index (χ1n) is 8.25. The van der Waals surface area contributed by atoms with Crippen LogP contribution in [0.15, 0.2) is 36.4 Å². The summed E-state index contributed by atoms with van der Waals surface area (Å²) in [4.78, 5) is 12.1. The van der Waals surface area contributed by atoms with Crippen molar-refractivity contribution in [2.75, 3.05) is 12.3 Å². The third-order valence-electron chi connectivity index (χ3n) is 4.91. The molecular formula is C20H23NO3. The standard InChI is InChI=1S/C20H23NO3/c1-12-3-5-15(7-13(12)2)17-10-16(20(23)24-11-17)8-14-4-6-19(22)18(21)9-14/h3-7,9,16-17,22H,8,10-11,21H2,1-2H3/t16?,17-/m1/s1. The zero-order chi connectivity index (χ0) is 17.3. The third-order valence-corrected chi connectivity index (χ3v) is 4.91. The first-order chi connectivity index (χ1) is 11.4. The molecule has 1 fully saturated rings. The van der Waals surface area contributed by atoms with E-state index in [1.165, 1.54) is 16.7 Å². The minimum Gasteiger partial charge on any atom is -0.506 e. The van der Waals surface area contributed by atoms with Crippen molar-refractivity contribution >= 4 is 11.7 Å². The van der Waals surface area contributed by atoms with Crippen molar-refractivity contribution in [2.24, 2.45) is 5.92 Å². The van der Waals surface area contributed by atoms with E-state index < -0.39 is 0 Å². The highest BCUT2D eigenvalue weighted by molar-refractivity contribution is 5.74. The lowest BCUT2D eigenvalue weighted by Crippen LogP contribution is -2.31. The van der Waals surface area contributed by atoms with Crippen molar-refractivity contribution in [1.29, 1.82) is 0 Å². The molecule has 0 bridgehead atoms. The van der Waals surface area contributed by atoms with E-state index >= 15 is 0 Å². The molecule has 24 heavy (non-hydrogen) atoms. The lowest BCUT2D eigenvalue weighted by Gasteiger charge is -2.29. The number of phenols is 1. The van der Waals surface area contributed by atoms with Gasteiger partial charge in [-0.05, 0) is 61.1 Å². The van der Waals surface area contributed by atoms with Gasteiger partial charge in [-0.2, -0.15) is 0 Å². The van der Waals surface area contributed by atoms with Crippen LogP contribution in [0.3, 0.4) is 0 Å². The molecule has 1 aliphatic heterocycles. The third kappa shape index (κ3) is 3.37. The highest BCUT2D eigenvalue weighted by Crippen LogP contribution is 2.33. The van der Waals surface area contributed by atoms with Gasteiger partial charge in [0.25, 0.3) is 0 Å². The number of aryl methyl sites for hydroxylation is 2. The van der Waals surface area contributed by atoms with Crippen LogP contribution in [0.4, 0.5) is 5.69 Å². The summed E-state index contributed by atoms with van der Waals surface area (Å²) in [6, 6.07) is 11.5. The monoisotopic (exact) mass is 325 g/mol. The van der Waals surface area contributed by atoms with Crippen molar-refractivity contribution in [3.63, 3.8) is 0 Å². The van der Waals surface area contributed by atoms with Gasteiger partial charge in [0, 0.05) is 5.92 Å². The van der Waals surface area contributed by atoms with Crippen LogP contribution in [0.1, 0.15) is 34.6 Å². The predicted molar refractivity (Wildman–Crippen MR) is 93.9 cm³/mol. The van der Waals surface area contributed by atoms with Crippen molar-refractivity contribution in [3.8, 4) is 5.75 Å². The minimum atomic E-state index is -0.186. The smallest absolute Gasteiger partial charge is 0.309 e. The van der Waals surface area contributed by atoms with E-state index in [0.717, 1.165) is 12.0 Å². The van der Waals surface area contributed by atoms with Gasteiger partial charge in [0.1, 0.15) is 5.75 Å². The van der Waals surface area contributed by atoms with E-state index in [1.54, 1.807) is 18.2 Å². The molecule has 0 amide bonds. The maximum atomic E-state index is 12.1. The zero-order valence-electron chi connectivity index (χ0n) is 14.1. The van der Waals surface area contributed by atoms with Crippen LogP contribution in [-0.2, 0) is 16.0 Å². The molecule has 0 spiro atoms. The first-order valence-corrected chi connectivity index (χ1v) is 8.25. The van der Waals surface area contributed by atoms with E-state index in [9.17, 15) is 9.90 Å². The van der Waals surface area contributed by atoms with E-state index in [4.69, 9.17) is 10.5 Å². The molecule has 0 aliphatic carbocycles. The molecule has 0 radical (unpaired) electrons. The second-order valence-electron chi connectivity index (χ2n) is 6.70. The fourth-order valence-electron chi connectivity index (χ4n) is 3.24. The van der Waals surface area contributed by atoms with Crippen molar-refractivity contribution < 1.29 is 14.6 Å². The second-order valence-corrected chi connectivity index (χ2v) is 6.70. The van der Waals surface area contributed by atoms with Gasteiger partial charge >= 0.3 is 5.97 Å². The number of benzene rings is 2. The second kappa shape index (κ2) is 6.56. The number of ether oxygens (including phenoxy) is 1. The quantitative estimate of drug-likeness (QED) is 0.515. The topological polar surface area (TPSA) is 72.5 Å². The van der Waals surface area contributed by atoms with Crippen LogP contribution in [0.25, 0.3) is 0 Å². The van der Waals surface area contributed by atoms with Crippen LogP contribution in [0.2, 0.25) is 0 Å². The Kier molecular flexibility index (Phi) is 4.47. The highest BCUT2D eigenvalue weighted by atomic mass is 16.5. The van der Waals surface area contributed by atoms with Gasteiger partial charge in [0.05, 0.1) is 18.2 Å². The summed E-state index contributed by atoms with van der Waals surface area (Å²) in [5, 5.41) is 9.52. The molecule has 3 N–H and O–H groups in total. The minimum absolute atomic E-state index is 0.0676. The van der Waals surface area contributed by atoms with Crippen LogP contribution in [0.5, 0.6) is 5.75 Å². The summed E-state index contributed by atoms with van der Waals surface area (Å²) in [6.07, 6.45) is 1.34. The number of rotatable bonds is 3. The van der Waals surface area contributed by atoms with Crippen molar-refractivity contribution in [2.45, 2.75) is 32.6 Å². The lowest BCUT2D eigenvalue weighted by atomic mass is 9.83. The number of aromatic hydroxyl groups is 1. The largest absolute Gasteiger partial charge is 0.506 e. The van der Waals surface area contributed by atoms with Gasteiger partial charge in [-0.25, -0.2) is 0 Å². The Morgan fingerprint density at radius 3 is 2.67 bits per heavy atom. The van der Waals surface area contributed by atoms with Gasteiger partial charge in [-0.1, -0.05) is 24.3 Å². The van der Waals surface area contributed by atoms with Gasteiger partial charge in [0.2, 0.25) is 0 Å². The summed E-state index contributed by atoms with van der Waals surface area (Å²) >= 11 is 0. The number of nitrogens with two attached hydrogens (primary N) is 1. The molecule has 3 rings (SSSR count).